The first-order chi connectivity index (χ1) is 9.74. The molecular formula is C13H18F2O5. The Hall–Kier alpha value is -1.60. The minimum atomic E-state index is -1.17. The maximum absolute atomic E-state index is 14.1. The van der Waals surface area contributed by atoms with Gasteiger partial charge < -0.3 is 23.7 Å². The molecule has 0 saturated carbocycles. The van der Waals surface area contributed by atoms with Gasteiger partial charge in [0.2, 0.25) is 18.4 Å². The summed E-state index contributed by atoms with van der Waals surface area (Å²) >= 11 is 0. The Bertz CT molecular complexity index is 401. The summed E-state index contributed by atoms with van der Waals surface area (Å²) < 4.78 is 51.1. The van der Waals surface area contributed by atoms with Crippen LogP contribution >= 0.6 is 0 Å². The highest BCUT2D eigenvalue weighted by Gasteiger charge is 2.17. The molecule has 5 nitrogen and oxygen atoms in total. The SMILES string of the molecule is COCCOc1ccc(OCCOC)c(OCF)c1F. The van der Waals surface area contributed by atoms with Crippen LogP contribution in [0.2, 0.25) is 0 Å². The molecule has 0 aliphatic rings. The Kier molecular flexibility index (Phi) is 7.67. The minimum absolute atomic E-state index is 0.0513. The van der Waals surface area contributed by atoms with Gasteiger partial charge in [-0.25, -0.2) is 4.39 Å². The normalized spacial score (nSPS) is 10.4. The molecule has 20 heavy (non-hydrogen) atoms. The zero-order chi connectivity index (χ0) is 14.8. The first kappa shape index (κ1) is 16.5. The Balaban J connectivity index is 2.82. The Labute approximate surface area is 116 Å². The van der Waals surface area contributed by atoms with Crippen LogP contribution in [0.4, 0.5) is 8.78 Å². The van der Waals surface area contributed by atoms with Gasteiger partial charge in [0, 0.05) is 14.2 Å². The molecule has 114 valence electrons. The number of rotatable bonds is 10. The van der Waals surface area contributed by atoms with E-state index in [9.17, 15) is 8.78 Å². The third kappa shape index (κ3) is 4.82. The summed E-state index contributed by atoms with van der Waals surface area (Å²) in [7, 11) is 3.01. The lowest BCUT2D eigenvalue weighted by molar-refractivity contribution is 0.131. The Morgan fingerprint density at radius 1 is 0.850 bits per heavy atom. The summed E-state index contributed by atoms with van der Waals surface area (Å²) in [4.78, 5) is 0. The van der Waals surface area contributed by atoms with E-state index in [-0.39, 0.29) is 30.5 Å². The molecule has 0 fully saturated rings. The molecule has 1 aromatic rings. The fourth-order valence-corrected chi connectivity index (χ4v) is 1.40. The molecule has 0 radical (unpaired) electrons. The van der Waals surface area contributed by atoms with E-state index in [1.54, 1.807) is 0 Å². The topological polar surface area (TPSA) is 46.2 Å². The smallest absolute Gasteiger partial charge is 0.228 e. The number of ether oxygens (including phenoxy) is 5. The number of hydrogen-bond acceptors (Lipinski definition) is 5. The van der Waals surface area contributed by atoms with Gasteiger partial charge in [0.1, 0.15) is 13.2 Å². The van der Waals surface area contributed by atoms with Crippen LogP contribution in [0.3, 0.4) is 0 Å². The lowest BCUT2D eigenvalue weighted by Crippen LogP contribution is -2.09. The minimum Gasteiger partial charge on any atom is -0.488 e. The highest BCUT2D eigenvalue weighted by molar-refractivity contribution is 5.47. The number of alkyl halides is 1. The highest BCUT2D eigenvalue weighted by Crippen LogP contribution is 2.36. The molecule has 0 heterocycles. The van der Waals surface area contributed by atoms with Gasteiger partial charge in [-0.1, -0.05) is 0 Å². The van der Waals surface area contributed by atoms with Crippen molar-refractivity contribution < 1.29 is 32.5 Å². The summed E-state index contributed by atoms with van der Waals surface area (Å²) in [6.07, 6.45) is 0. The van der Waals surface area contributed by atoms with Gasteiger partial charge in [0.15, 0.2) is 11.5 Å². The van der Waals surface area contributed by atoms with Crippen molar-refractivity contribution in [2.45, 2.75) is 0 Å². The van der Waals surface area contributed by atoms with E-state index in [1.165, 1.54) is 26.4 Å². The number of benzene rings is 1. The molecule has 0 amide bonds. The molecule has 0 bridgehead atoms. The molecular weight excluding hydrogens is 274 g/mol. The van der Waals surface area contributed by atoms with Crippen LogP contribution < -0.4 is 14.2 Å². The summed E-state index contributed by atoms with van der Waals surface area (Å²) in [5.74, 6) is -1.09. The lowest BCUT2D eigenvalue weighted by Gasteiger charge is -2.14. The highest BCUT2D eigenvalue weighted by atomic mass is 19.1. The van der Waals surface area contributed by atoms with Crippen LogP contribution in [0, 0.1) is 5.82 Å². The molecule has 0 aliphatic heterocycles. The maximum atomic E-state index is 14.1. The van der Waals surface area contributed by atoms with E-state index in [1.807, 2.05) is 0 Å². The second-order valence-corrected chi connectivity index (χ2v) is 3.64. The van der Waals surface area contributed by atoms with Crippen LogP contribution in [0.5, 0.6) is 17.2 Å². The van der Waals surface area contributed by atoms with Crippen molar-refractivity contribution in [1.29, 1.82) is 0 Å². The maximum Gasteiger partial charge on any atom is 0.228 e. The molecule has 1 rings (SSSR count). The van der Waals surface area contributed by atoms with Crippen molar-refractivity contribution >= 4 is 0 Å². The van der Waals surface area contributed by atoms with Crippen molar-refractivity contribution in [3.8, 4) is 17.2 Å². The molecule has 0 unspecified atom stereocenters. The van der Waals surface area contributed by atoms with E-state index >= 15 is 0 Å². The number of hydrogen-bond donors (Lipinski definition) is 0. The van der Waals surface area contributed by atoms with E-state index in [0.717, 1.165) is 0 Å². The zero-order valence-corrected chi connectivity index (χ0v) is 11.5. The average molecular weight is 292 g/mol. The van der Waals surface area contributed by atoms with Crippen molar-refractivity contribution in [1.82, 2.24) is 0 Å². The first-order valence-corrected chi connectivity index (χ1v) is 5.99. The third-order valence-electron chi connectivity index (χ3n) is 2.31. The molecule has 0 N–H and O–H groups in total. The van der Waals surface area contributed by atoms with E-state index in [0.29, 0.717) is 13.2 Å². The van der Waals surface area contributed by atoms with Crippen molar-refractivity contribution in [2.24, 2.45) is 0 Å². The van der Waals surface area contributed by atoms with Crippen LogP contribution in [-0.4, -0.2) is 47.5 Å². The van der Waals surface area contributed by atoms with E-state index in [4.69, 9.17) is 18.9 Å². The molecule has 7 heteroatoms. The molecule has 0 spiro atoms. The molecule has 0 atom stereocenters. The van der Waals surface area contributed by atoms with Crippen LogP contribution in [0.1, 0.15) is 0 Å². The predicted molar refractivity (Wildman–Crippen MR) is 67.7 cm³/mol. The predicted octanol–water partition coefficient (Wildman–Crippen LogP) is 2.18. The fourth-order valence-electron chi connectivity index (χ4n) is 1.40. The molecule has 0 aliphatic carbocycles. The van der Waals surface area contributed by atoms with Crippen molar-refractivity contribution in [3.63, 3.8) is 0 Å². The van der Waals surface area contributed by atoms with Crippen LogP contribution in [-0.2, 0) is 9.47 Å². The monoisotopic (exact) mass is 292 g/mol. The molecule has 1 aromatic carbocycles. The van der Waals surface area contributed by atoms with E-state index in [2.05, 4.69) is 4.74 Å². The molecule has 0 saturated heterocycles. The average Bonchev–Trinajstić information content (AvgIpc) is 2.45. The van der Waals surface area contributed by atoms with Gasteiger partial charge >= 0.3 is 0 Å². The summed E-state index contributed by atoms with van der Waals surface area (Å²) in [5.41, 5.74) is 0. The standard InChI is InChI=1S/C13H18F2O5/c1-16-5-7-18-10-3-4-11(19-8-6-17-2)13(12(10)15)20-9-14/h3-4H,5-9H2,1-2H3. The third-order valence-corrected chi connectivity index (χ3v) is 2.31. The van der Waals surface area contributed by atoms with Gasteiger partial charge in [-0.2, -0.15) is 4.39 Å². The van der Waals surface area contributed by atoms with Gasteiger partial charge in [0.05, 0.1) is 13.2 Å². The second-order valence-electron chi connectivity index (χ2n) is 3.64. The first-order valence-electron chi connectivity index (χ1n) is 5.99. The fraction of sp³-hybridized carbons (Fsp3) is 0.538. The van der Waals surface area contributed by atoms with Crippen LogP contribution in [0.15, 0.2) is 12.1 Å². The van der Waals surface area contributed by atoms with Crippen molar-refractivity contribution in [2.75, 3.05) is 47.5 Å². The van der Waals surface area contributed by atoms with Crippen LogP contribution in [0.25, 0.3) is 0 Å². The lowest BCUT2D eigenvalue weighted by atomic mass is 10.3. The van der Waals surface area contributed by atoms with Crippen molar-refractivity contribution in [3.05, 3.63) is 17.9 Å². The Morgan fingerprint density at radius 3 is 1.95 bits per heavy atom. The number of halogens is 2. The van der Waals surface area contributed by atoms with E-state index < -0.39 is 12.7 Å². The largest absolute Gasteiger partial charge is 0.488 e. The number of methoxy groups -OCH3 is 2. The molecule has 0 aromatic heterocycles. The van der Waals surface area contributed by atoms with Gasteiger partial charge in [-0.05, 0) is 12.1 Å². The quantitative estimate of drug-likeness (QED) is 0.619. The summed E-state index contributed by atoms with van der Waals surface area (Å²) in [5, 5.41) is 0. The zero-order valence-electron chi connectivity index (χ0n) is 11.5. The van der Waals surface area contributed by atoms with Gasteiger partial charge in [-0.3, -0.25) is 0 Å². The summed E-state index contributed by atoms with van der Waals surface area (Å²) in [6.45, 7) is -0.165. The summed E-state index contributed by atoms with van der Waals surface area (Å²) in [6, 6.07) is 2.84. The van der Waals surface area contributed by atoms with Gasteiger partial charge in [0.25, 0.3) is 0 Å². The Morgan fingerprint density at radius 2 is 1.40 bits per heavy atom. The van der Waals surface area contributed by atoms with Gasteiger partial charge in [-0.15, -0.1) is 0 Å². The second kappa shape index (κ2) is 9.33.